The van der Waals surface area contributed by atoms with Gasteiger partial charge in [-0.05, 0) is 34.8 Å². The second-order valence-corrected chi connectivity index (χ2v) is 7.82. The lowest BCUT2D eigenvalue weighted by atomic mass is 10.0. The molecule has 2 saturated heterocycles. The number of nitrogens with zero attached hydrogens (tertiary/aromatic N) is 4. The SMILES string of the molecule is Cc1nc(N2C[C@H]3C[C@@H]2CN3C(=O)O)c2c3c(c(Br)c(F)c2n1)COC3. The van der Waals surface area contributed by atoms with Crippen molar-refractivity contribution in [2.45, 2.75) is 38.6 Å². The van der Waals surface area contributed by atoms with Crippen LogP contribution in [0.3, 0.4) is 0 Å². The number of halogens is 2. The molecule has 3 aliphatic heterocycles. The van der Waals surface area contributed by atoms with Gasteiger partial charge in [0.15, 0.2) is 5.82 Å². The van der Waals surface area contributed by atoms with Gasteiger partial charge in [-0.2, -0.15) is 0 Å². The molecule has 1 N–H and O–H groups in total. The van der Waals surface area contributed by atoms with Crippen LogP contribution in [0.1, 0.15) is 23.4 Å². The summed E-state index contributed by atoms with van der Waals surface area (Å²) in [5, 5.41) is 10.0. The summed E-state index contributed by atoms with van der Waals surface area (Å²) < 4.78 is 20.9. The van der Waals surface area contributed by atoms with Crippen molar-refractivity contribution in [3.05, 3.63) is 27.2 Å². The summed E-state index contributed by atoms with van der Waals surface area (Å²) in [6.45, 7) is 3.51. The maximum absolute atomic E-state index is 15.0. The van der Waals surface area contributed by atoms with Crippen LogP contribution < -0.4 is 4.90 Å². The number of piperazine rings is 1. The molecule has 0 unspecified atom stereocenters. The van der Waals surface area contributed by atoms with Crippen LogP contribution in [0, 0.1) is 12.7 Å². The minimum Gasteiger partial charge on any atom is -0.465 e. The predicted octanol–water partition coefficient (Wildman–Crippen LogP) is 2.81. The standard InChI is InChI=1S/C17H16BrFN4O3/c1-7-20-15-12(10-5-26-6-11(10)13(18)14(15)19)16(21-7)22-3-9-2-8(22)4-23(9)17(24)25/h8-9H,2-6H2,1H3,(H,24,25)/t8-,9-/m1/s1. The highest BCUT2D eigenvalue weighted by Crippen LogP contribution is 2.43. The van der Waals surface area contributed by atoms with Crippen molar-refractivity contribution >= 4 is 38.7 Å². The van der Waals surface area contributed by atoms with Gasteiger partial charge in [-0.3, -0.25) is 0 Å². The van der Waals surface area contributed by atoms with Crippen molar-refractivity contribution in [1.29, 1.82) is 0 Å². The molecule has 7 nitrogen and oxygen atoms in total. The number of carboxylic acid groups (broad SMARTS) is 1. The smallest absolute Gasteiger partial charge is 0.407 e. The van der Waals surface area contributed by atoms with Crippen molar-refractivity contribution in [3.63, 3.8) is 0 Å². The van der Waals surface area contributed by atoms with Crippen LogP contribution in [-0.2, 0) is 18.0 Å². The van der Waals surface area contributed by atoms with E-state index in [9.17, 15) is 14.3 Å². The monoisotopic (exact) mass is 422 g/mol. The van der Waals surface area contributed by atoms with E-state index in [2.05, 4.69) is 30.8 Å². The third-order valence-electron chi connectivity index (χ3n) is 5.58. The number of benzene rings is 1. The van der Waals surface area contributed by atoms with Crippen molar-refractivity contribution in [2.24, 2.45) is 0 Å². The molecule has 2 fully saturated rings. The second kappa shape index (κ2) is 5.50. The van der Waals surface area contributed by atoms with Gasteiger partial charge >= 0.3 is 6.09 Å². The van der Waals surface area contributed by atoms with E-state index < -0.39 is 11.9 Å². The van der Waals surface area contributed by atoms with E-state index in [0.29, 0.717) is 53.3 Å². The molecule has 4 heterocycles. The lowest BCUT2D eigenvalue weighted by Crippen LogP contribution is -2.48. The molecule has 1 aromatic carbocycles. The van der Waals surface area contributed by atoms with Crippen molar-refractivity contribution in [1.82, 2.24) is 14.9 Å². The summed E-state index contributed by atoms with van der Waals surface area (Å²) in [7, 11) is 0. The van der Waals surface area contributed by atoms with Crippen LogP contribution in [0.4, 0.5) is 15.0 Å². The number of rotatable bonds is 1. The van der Waals surface area contributed by atoms with Crippen LogP contribution in [0.15, 0.2) is 4.47 Å². The predicted molar refractivity (Wildman–Crippen MR) is 94.7 cm³/mol. The van der Waals surface area contributed by atoms with Crippen molar-refractivity contribution in [2.75, 3.05) is 18.0 Å². The summed E-state index contributed by atoms with van der Waals surface area (Å²) in [5.41, 5.74) is 2.02. The first kappa shape index (κ1) is 16.2. The molecule has 2 bridgehead atoms. The maximum atomic E-state index is 15.0. The second-order valence-electron chi connectivity index (χ2n) is 7.03. The fraction of sp³-hybridized carbons (Fsp3) is 0.471. The van der Waals surface area contributed by atoms with Crippen molar-refractivity contribution < 1.29 is 19.0 Å². The summed E-state index contributed by atoms with van der Waals surface area (Å²) in [4.78, 5) is 23.9. The Bertz CT molecular complexity index is 969. The molecule has 3 aliphatic rings. The van der Waals surface area contributed by atoms with E-state index >= 15 is 0 Å². The molecule has 136 valence electrons. The molecule has 2 atom stereocenters. The number of likely N-dealkylation sites (tertiary alicyclic amines) is 1. The number of hydrogen-bond acceptors (Lipinski definition) is 5. The molecule has 0 aliphatic carbocycles. The van der Waals surface area contributed by atoms with Crippen LogP contribution in [0.2, 0.25) is 0 Å². The largest absolute Gasteiger partial charge is 0.465 e. The third kappa shape index (κ3) is 2.10. The lowest BCUT2D eigenvalue weighted by Gasteiger charge is -2.34. The van der Waals surface area contributed by atoms with Crippen LogP contribution in [-0.4, -0.2) is 51.2 Å². The van der Waals surface area contributed by atoms with Gasteiger partial charge in [0.25, 0.3) is 0 Å². The Labute approximate surface area is 156 Å². The van der Waals surface area contributed by atoms with Crippen LogP contribution >= 0.6 is 15.9 Å². The van der Waals surface area contributed by atoms with E-state index in [0.717, 1.165) is 17.5 Å². The molecule has 0 radical (unpaired) electrons. The molecular weight excluding hydrogens is 407 g/mol. The zero-order chi connectivity index (χ0) is 18.2. The van der Waals surface area contributed by atoms with Gasteiger partial charge in [-0.15, -0.1) is 0 Å². The molecule has 0 saturated carbocycles. The summed E-state index contributed by atoms with van der Waals surface area (Å²) in [5.74, 6) is 0.792. The molecule has 1 aromatic heterocycles. The quantitative estimate of drug-likeness (QED) is 0.760. The van der Waals surface area contributed by atoms with Crippen LogP contribution in [0.5, 0.6) is 0 Å². The van der Waals surface area contributed by atoms with E-state index in [4.69, 9.17) is 4.74 Å². The minimum atomic E-state index is -0.884. The molecule has 5 rings (SSSR count). The molecule has 1 amide bonds. The first-order valence-electron chi connectivity index (χ1n) is 8.46. The third-order valence-corrected chi connectivity index (χ3v) is 6.41. The van der Waals surface area contributed by atoms with E-state index in [1.54, 1.807) is 6.92 Å². The fourth-order valence-corrected chi connectivity index (χ4v) is 4.99. The Kier molecular flexibility index (Phi) is 3.42. The van der Waals surface area contributed by atoms with Gasteiger partial charge in [-0.25, -0.2) is 19.2 Å². The Morgan fingerprint density at radius 2 is 2.04 bits per heavy atom. The number of fused-ring (bicyclic) bond motifs is 5. The zero-order valence-corrected chi connectivity index (χ0v) is 15.6. The van der Waals surface area contributed by atoms with Crippen LogP contribution in [0.25, 0.3) is 10.9 Å². The Hall–Kier alpha value is -2.00. The number of anilines is 1. The highest BCUT2D eigenvalue weighted by Gasteiger charge is 2.46. The summed E-state index contributed by atoms with van der Waals surface area (Å²) in [6, 6.07) is 0.00527. The van der Waals surface area contributed by atoms with E-state index in [-0.39, 0.29) is 12.1 Å². The topological polar surface area (TPSA) is 78.8 Å². The van der Waals surface area contributed by atoms with E-state index in [1.807, 2.05) is 0 Å². The van der Waals surface area contributed by atoms with Gasteiger partial charge < -0.3 is 19.6 Å². The van der Waals surface area contributed by atoms with Gasteiger partial charge in [-0.1, -0.05) is 0 Å². The lowest BCUT2D eigenvalue weighted by molar-refractivity contribution is 0.134. The van der Waals surface area contributed by atoms with Gasteiger partial charge in [0.05, 0.1) is 35.2 Å². The molecule has 9 heteroatoms. The number of amides is 1. The van der Waals surface area contributed by atoms with Crippen molar-refractivity contribution in [3.8, 4) is 0 Å². The zero-order valence-electron chi connectivity index (χ0n) is 14.0. The molecule has 0 spiro atoms. The number of carbonyl (C=O) groups is 1. The fourth-order valence-electron chi connectivity index (χ4n) is 4.45. The number of ether oxygens (including phenoxy) is 1. The molecule has 26 heavy (non-hydrogen) atoms. The van der Waals surface area contributed by atoms with E-state index in [1.165, 1.54) is 4.90 Å². The normalized spacial score (nSPS) is 24.0. The first-order chi connectivity index (χ1) is 12.5. The molecule has 2 aromatic rings. The number of aryl methyl sites for hydroxylation is 1. The van der Waals surface area contributed by atoms with Gasteiger partial charge in [0.2, 0.25) is 0 Å². The summed E-state index contributed by atoms with van der Waals surface area (Å²) >= 11 is 3.34. The highest BCUT2D eigenvalue weighted by molar-refractivity contribution is 9.10. The molecular formula is C17H16BrFN4O3. The van der Waals surface area contributed by atoms with Gasteiger partial charge in [0.1, 0.15) is 17.2 Å². The van der Waals surface area contributed by atoms with Gasteiger partial charge in [0, 0.05) is 18.7 Å². The number of aromatic nitrogens is 2. The first-order valence-corrected chi connectivity index (χ1v) is 9.26. The summed E-state index contributed by atoms with van der Waals surface area (Å²) in [6.07, 6.45) is -0.112. The Morgan fingerprint density at radius 3 is 2.73 bits per heavy atom. The highest BCUT2D eigenvalue weighted by atomic mass is 79.9. The maximum Gasteiger partial charge on any atom is 0.407 e. The number of hydrogen-bond donors (Lipinski definition) is 1. The average molecular weight is 423 g/mol. The Balaban J connectivity index is 1.69. The average Bonchev–Trinajstić information content (AvgIpc) is 3.33. The Morgan fingerprint density at radius 1 is 1.27 bits per heavy atom. The minimum absolute atomic E-state index is 0.0487.